The van der Waals surface area contributed by atoms with Crippen LogP contribution in [0, 0.1) is 18.3 Å². The topological polar surface area (TPSA) is 135 Å². The number of benzene rings is 1. The van der Waals surface area contributed by atoms with E-state index in [2.05, 4.69) is 10.3 Å². The molecule has 2 amide bonds. The molecule has 0 bridgehead atoms. The molecular weight excluding hydrogens is 504 g/mol. The fraction of sp³-hybridized carbons (Fsp3) is 0.571. The summed E-state index contributed by atoms with van der Waals surface area (Å²) in [6.45, 7) is 9.11. The van der Waals surface area contributed by atoms with E-state index in [1.54, 1.807) is 11.3 Å². The zero-order valence-corrected chi connectivity index (χ0v) is 23.6. The van der Waals surface area contributed by atoms with Crippen molar-refractivity contribution in [2.45, 2.75) is 65.6 Å². The number of aromatic nitrogens is 1. The Morgan fingerprint density at radius 1 is 1.24 bits per heavy atom. The number of nitrogens with zero attached hydrogens (tertiary/aromatic N) is 2. The van der Waals surface area contributed by atoms with Gasteiger partial charge in [-0.2, -0.15) is 0 Å². The molecule has 0 saturated carbocycles. The number of β-amino-alcohol motifs (C(OH)–C–C–N with tert-alkyl or cyclic N) is 1. The molecule has 1 aliphatic heterocycles. The van der Waals surface area contributed by atoms with Gasteiger partial charge in [-0.25, -0.2) is 4.98 Å². The standard InChI is InChI=1S/C28H40N4O5S/c1-18-25(38-17-31-18)20-7-5-19(6-8-20)15-30-26(35)24-14-22(34)16-32(24)27(36)23(28(2,3)4)13-21(33)9-11-37-12-10-29/h5-8,17,22-24,34H,9-16,29H2,1-4H3,(H,30,35)/t22-,23-,24+/m1/s1. The Kier molecular flexibility index (Phi) is 10.6. The van der Waals surface area contributed by atoms with Crippen LogP contribution in [0.4, 0.5) is 0 Å². The summed E-state index contributed by atoms with van der Waals surface area (Å²) in [7, 11) is 0. The number of rotatable bonds is 12. The van der Waals surface area contributed by atoms with Gasteiger partial charge < -0.3 is 25.8 Å². The Balaban J connectivity index is 1.63. The van der Waals surface area contributed by atoms with E-state index < -0.39 is 23.5 Å². The maximum Gasteiger partial charge on any atom is 0.243 e. The largest absolute Gasteiger partial charge is 0.391 e. The van der Waals surface area contributed by atoms with Gasteiger partial charge in [-0.1, -0.05) is 45.0 Å². The number of nitrogens with two attached hydrogens (primary N) is 1. The van der Waals surface area contributed by atoms with Gasteiger partial charge in [-0.3, -0.25) is 14.4 Å². The normalized spacial score (nSPS) is 18.4. The third kappa shape index (κ3) is 7.92. The summed E-state index contributed by atoms with van der Waals surface area (Å²) < 4.78 is 5.31. The molecule has 4 N–H and O–H groups in total. The average Bonchev–Trinajstić information content (AvgIpc) is 3.48. The first kappa shape index (κ1) is 29.9. The number of hydrogen-bond donors (Lipinski definition) is 3. The third-order valence-corrected chi connectivity index (χ3v) is 7.83. The van der Waals surface area contributed by atoms with Crippen molar-refractivity contribution in [3.8, 4) is 10.4 Å². The van der Waals surface area contributed by atoms with Crippen LogP contribution in [0.25, 0.3) is 10.4 Å². The Morgan fingerprint density at radius 2 is 1.95 bits per heavy atom. The smallest absolute Gasteiger partial charge is 0.243 e. The molecule has 0 aliphatic carbocycles. The highest BCUT2D eigenvalue weighted by Gasteiger charge is 2.44. The lowest BCUT2D eigenvalue weighted by atomic mass is 9.76. The molecule has 1 saturated heterocycles. The van der Waals surface area contributed by atoms with Crippen LogP contribution in [0.2, 0.25) is 0 Å². The number of likely N-dealkylation sites (tertiary alicyclic amines) is 1. The van der Waals surface area contributed by atoms with Gasteiger partial charge in [-0.05, 0) is 23.5 Å². The SMILES string of the molecule is Cc1ncsc1-c1ccc(CNC(=O)[C@@H]2C[C@@H](O)CN2C(=O)[C@@H](CC(=O)CCOCCN)C(C)(C)C)cc1. The number of amides is 2. The van der Waals surface area contributed by atoms with Crippen LogP contribution in [-0.2, 0) is 25.7 Å². The number of aliphatic hydroxyl groups excluding tert-OH is 1. The van der Waals surface area contributed by atoms with Crippen molar-refractivity contribution in [2.24, 2.45) is 17.1 Å². The van der Waals surface area contributed by atoms with Gasteiger partial charge in [0.25, 0.3) is 0 Å². The summed E-state index contributed by atoms with van der Waals surface area (Å²) in [5, 5.41) is 13.3. The summed E-state index contributed by atoms with van der Waals surface area (Å²) in [5.41, 5.74) is 9.71. The number of ether oxygens (including phenoxy) is 1. The lowest BCUT2D eigenvalue weighted by Gasteiger charge is -2.34. The Morgan fingerprint density at radius 3 is 2.55 bits per heavy atom. The molecule has 3 atom stereocenters. The van der Waals surface area contributed by atoms with Crippen LogP contribution in [-0.4, -0.2) is 71.0 Å². The van der Waals surface area contributed by atoms with E-state index in [0.29, 0.717) is 19.7 Å². The summed E-state index contributed by atoms with van der Waals surface area (Å²) in [4.78, 5) is 46.3. The van der Waals surface area contributed by atoms with Crippen LogP contribution in [0.1, 0.15) is 51.3 Å². The molecule has 38 heavy (non-hydrogen) atoms. The quantitative estimate of drug-likeness (QED) is 0.350. The van der Waals surface area contributed by atoms with Crippen molar-refractivity contribution in [2.75, 3.05) is 26.3 Å². The summed E-state index contributed by atoms with van der Waals surface area (Å²) in [6.07, 6.45) is -0.370. The second-order valence-corrected chi connectivity index (χ2v) is 11.7. The fourth-order valence-electron chi connectivity index (χ4n) is 4.63. The van der Waals surface area contributed by atoms with Crippen molar-refractivity contribution in [1.82, 2.24) is 15.2 Å². The third-order valence-electron chi connectivity index (χ3n) is 6.86. The molecule has 1 aromatic heterocycles. The van der Waals surface area contributed by atoms with Gasteiger partial charge in [-0.15, -0.1) is 11.3 Å². The van der Waals surface area contributed by atoms with Crippen LogP contribution in [0.15, 0.2) is 29.8 Å². The van der Waals surface area contributed by atoms with E-state index in [-0.39, 0.29) is 50.0 Å². The van der Waals surface area contributed by atoms with Gasteiger partial charge in [0.2, 0.25) is 11.8 Å². The highest BCUT2D eigenvalue weighted by molar-refractivity contribution is 7.13. The maximum atomic E-state index is 13.6. The number of nitrogens with one attached hydrogen (secondary N) is 1. The van der Waals surface area contributed by atoms with Gasteiger partial charge >= 0.3 is 0 Å². The molecule has 0 radical (unpaired) electrons. The van der Waals surface area contributed by atoms with E-state index in [1.165, 1.54) is 4.90 Å². The molecular formula is C28H40N4O5S. The number of aryl methyl sites for hydroxylation is 1. The van der Waals surface area contributed by atoms with E-state index in [1.807, 2.05) is 57.5 Å². The number of thiazole rings is 1. The van der Waals surface area contributed by atoms with E-state index in [4.69, 9.17) is 10.5 Å². The number of Topliss-reactive ketones (excluding diaryl/α,β-unsaturated/α-hetero) is 1. The van der Waals surface area contributed by atoms with Crippen molar-refractivity contribution in [3.05, 3.63) is 41.0 Å². The number of hydrogen-bond acceptors (Lipinski definition) is 8. The lowest BCUT2D eigenvalue weighted by Crippen LogP contribution is -2.50. The zero-order valence-electron chi connectivity index (χ0n) is 22.7. The molecule has 0 unspecified atom stereocenters. The second kappa shape index (κ2) is 13.4. The van der Waals surface area contributed by atoms with Gasteiger partial charge in [0.1, 0.15) is 11.8 Å². The average molecular weight is 545 g/mol. The highest BCUT2D eigenvalue weighted by atomic mass is 32.1. The number of ketones is 1. The van der Waals surface area contributed by atoms with Crippen LogP contribution >= 0.6 is 11.3 Å². The number of carbonyl (C=O) groups excluding carboxylic acids is 3. The van der Waals surface area contributed by atoms with Crippen molar-refractivity contribution in [3.63, 3.8) is 0 Å². The van der Waals surface area contributed by atoms with E-state index in [0.717, 1.165) is 21.7 Å². The second-order valence-electron chi connectivity index (χ2n) is 10.9. The Hall–Kier alpha value is -2.66. The van der Waals surface area contributed by atoms with E-state index in [9.17, 15) is 19.5 Å². The first-order valence-electron chi connectivity index (χ1n) is 13.1. The lowest BCUT2D eigenvalue weighted by molar-refractivity contribution is -0.146. The Labute approximate surface area is 228 Å². The van der Waals surface area contributed by atoms with Crippen LogP contribution < -0.4 is 11.1 Å². The minimum atomic E-state index is -0.794. The fourth-order valence-corrected chi connectivity index (χ4v) is 5.44. The van der Waals surface area contributed by atoms with Crippen LogP contribution in [0.3, 0.4) is 0 Å². The predicted molar refractivity (Wildman–Crippen MR) is 147 cm³/mol. The Bertz CT molecular complexity index is 1100. The molecule has 10 heteroatoms. The number of aliphatic hydroxyl groups is 1. The molecule has 2 aromatic rings. The summed E-state index contributed by atoms with van der Waals surface area (Å²) in [5.74, 6) is -1.29. The molecule has 1 aliphatic rings. The van der Waals surface area contributed by atoms with Crippen molar-refractivity contribution >= 4 is 28.9 Å². The molecule has 3 rings (SSSR count). The van der Waals surface area contributed by atoms with Gasteiger partial charge in [0.05, 0.1) is 35.4 Å². The molecule has 1 aromatic carbocycles. The first-order valence-corrected chi connectivity index (χ1v) is 13.9. The maximum absolute atomic E-state index is 13.6. The van der Waals surface area contributed by atoms with Crippen molar-refractivity contribution < 1.29 is 24.2 Å². The highest BCUT2D eigenvalue weighted by Crippen LogP contribution is 2.34. The minimum absolute atomic E-state index is 0.0564. The summed E-state index contributed by atoms with van der Waals surface area (Å²) in [6, 6.07) is 7.13. The van der Waals surface area contributed by atoms with Gasteiger partial charge in [0.15, 0.2) is 0 Å². The van der Waals surface area contributed by atoms with E-state index >= 15 is 0 Å². The molecule has 1 fully saturated rings. The molecule has 2 heterocycles. The zero-order chi connectivity index (χ0) is 27.9. The van der Waals surface area contributed by atoms with Crippen LogP contribution in [0.5, 0.6) is 0 Å². The molecule has 9 nitrogen and oxygen atoms in total. The number of carbonyl (C=O) groups is 3. The molecule has 0 spiro atoms. The van der Waals surface area contributed by atoms with Crippen molar-refractivity contribution in [1.29, 1.82) is 0 Å². The van der Waals surface area contributed by atoms with Gasteiger partial charge in [0, 0.05) is 44.8 Å². The first-order chi connectivity index (χ1) is 18.0. The molecule has 208 valence electrons. The summed E-state index contributed by atoms with van der Waals surface area (Å²) >= 11 is 1.59. The monoisotopic (exact) mass is 544 g/mol. The minimum Gasteiger partial charge on any atom is -0.391 e. The predicted octanol–water partition coefficient (Wildman–Crippen LogP) is 2.68.